The van der Waals surface area contributed by atoms with E-state index in [4.69, 9.17) is 23.2 Å². The zero-order chi connectivity index (χ0) is 19.5. The molecule has 0 aliphatic carbocycles. The second-order valence-electron chi connectivity index (χ2n) is 6.21. The molecule has 0 fully saturated rings. The van der Waals surface area contributed by atoms with Gasteiger partial charge < -0.3 is 4.90 Å². The first-order chi connectivity index (χ1) is 12.1. The molecule has 0 aliphatic heterocycles. The van der Waals surface area contributed by atoms with Gasteiger partial charge in [0, 0.05) is 23.6 Å². The van der Waals surface area contributed by atoms with Gasteiger partial charge in [-0.3, -0.25) is 4.79 Å². The lowest BCUT2D eigenvalue weighted by molar-refractivity contribution is -0.133. The molecule has 0 aliphatic rings. The summed E-state index contributed by atoms with van der Waals surface area (Å²) >= 11 is 13.2. The van der Waals surface area contributed by atoms with Crippen LogP contribution < -0.4 is 4.72 Å². The molecule has 9 heteroatoms. The topological polar surface area (TPSA) is 66.5 Å². The van der Waals surface area contributed by atoms with Crippen LogP contribution >= 0.6 is 34.5 Å². The molecule has 26 heavy (non-hydrogen) atoms. The third-order valence-corrected chi connectivity index (χ3v) is 7.20. The van der Waals surface area contributed by atoms with Crippen LogP contribution in [0.25, 0.3) is 0 Å². The maximum Gasteiger partial charge on any atom is 0.250 e. The van der Waals surface area contributed by atoms with Gasteiger partial charge in [-0.2, -0.15) is 4.72 Å². The van der Waals surface area contributed by atoms with Gasteiger partial charge in [-0.1, -0.05) is 49.2 Å². The van der Waals surface area contributed by atoms with E-state index in [1.165, 1.54) is 11.0 Å². The van der Waals surface area contributed by atoms with E-state index in [0.717, 1.165) is 16.9 Å². The molecule has 1 unspecified atom stereocenters. The van der Waals surface area contributed by atoms with E-state index in [-0.39, 0.29) is 22.6 Å². The summed E-state index contributed by atoms with van der Waals surface area (Å²) < 4.78 is 27.7. The minimum atomic E-state index is -3.75. The Kier molecular flexibility index (Phi) is 7.10. The van der Waals surface area contributed by atoms with Gasteiger partial charge in [-0.15, -0.1) is 11.3 Å². The third kappa shape index (κ3) is 5.20. The minimum Gasteiger partial charge on any atom is -0.340 e. The molecule has 2 rings (SSSR count). The van der Waals surface area contributed by atoms with Crippen LogP contribution in [0.5, 0.6) is 0 Å². The summed E-state index contributed by atoms with van der Waals surface area (Å²) in [5, 5.41) is 2.64. The summed E-state index contributed by atoms with van der Waals surface area (Å²) in [4.78, 5) is 14.3. The molecule has 1 N–H and O–H groups in total. The average molecular weight is 435 g/mol. The molecule has 0 bridgehead atoms. The first-order valence-corrected chi connectivity index (χ1v) is 11.0. The predicted octanol–water partition coefficient (Wildman–Crippen LogP) is 4.02. The molecule has 0 radical (unpaired) electrons. The lowest BCUT2D eigenvalue weighted by Gasteiger charge is -2.27. The highest BCUT2D eigenvalue weighted by Crippen LogP contribution is 2.23. The minimum absolute atomic E-state index is 0.180. The number of nitrogens with one attached hydrogen (secondary N) is 1. The number of amides is 1. The number of hydrogen-bond donors (Lipinski definition) is 1. The number of rotatable bonds is 7. The van der Waals surface area contributed by atoms with Crippen molar-refractivity contribution in [3.63, 3.8) is 0 Å². The Morgan fingerprint density at radius 3 is 2.50 bits per heavy atom. The summed E-state index contributed by atoms with van der Waals surface area (Å²) in [6.45, 7) is 3.84. The Balaban J connectivity index is 2.17. The molecule has 0 spiro atoms. The maximum atomic E-state index is 12.8. The van der Waals surface area contributed by atoms with Crippen LogP contribution in [-0.4, -0.2) is 32.3 Å². The number of thiophene rings is 1. The molecule has 1 amide bonds. The Morgan fingerprint density at radius 2 is 1.96 bits per heavy atom. The van der Waals surface area contributed by atoms with Gasteiger partial charge >= 0.3 is 0 Å². The largest absolute Gasteiger partial charge is 0.340 e. The number of halogens is 2. The van der Waals surface area contributed by atoms with E-state index in [2.05, 4.69) is 4.72 Å². The number of sulfonamides is 1. The summed E-state index contributed by atoms with van der Waals surface area (Å²) in [7, 11) is -2.14. The molecule has 5 nitrogen and oxygen atoms in total. The van der Waals surface area contributed by atoms with Crippen molar-refractivity contribution in [1.82, 2.24) is 9.62 Å². The second kappa shape index (κ2) is 8.71. The molecule has 1 heterocycles. The van der Waals surface area contributed by atoms with E-state index in [0.29, 0.717) is 10.0 Å². The van der Waals surface area contributed by atoms with Crippen LogP contribution in [0.4, 0.5) is 0 Å². The van der Waals surface area contributed by atoms with Gasteiger partial charge in [0.1, 0.15) is 10.3 Å². The van der Waals surface area contributed by atoms with E-state index in [1.807, 2.05) is 0 Å². The molecule has 1 aromatic heterocycles. The van der Waals surface area contributed by atoms with E-state index >= 15 is 0 Å². The van der Waals surface area contributed by atoms with Crippen molar-refractivity contribution < 1.29 is 13.2 Å². The third-order valence-electron chi connectivity index (χ3n) is 3.77. The van der Waals surface area contributed by atoms with E-state index in [9.17, 15) is 13.2 Å². The van der Waals surface area contributed by atoms with Crippen molar-refractivity contribution in [3.8, 4) is 0 Å². The Labute approximate surface area is 168 Å². The molecule has 2 aromatic rings. The van der Waals surface area contributed by atoms with Gasteiger partial charge in [-0.05, 0) is 35.1 Å². The van der Waals surface area contributed by atoms with Crippen LogP contribution in [0, 0.1) is 5.92 Å². The Bertz CT molecular complexity index is 868. The van der Waals surface area contributed by atoms with Crippen LogP contribution in [-0.2, 0) is 21.4 Å². The number of carbonyl (C=O) groups excluding carboxylic acids is 1. The number of likely N-dealkylation sites (N-methyl/N-ethyl adjacent to an activating group) is 1. The average Bonchev–Trinajstić information content (AvgIpc) is 3.09. The molecule has 0 saturated heterocycles. The standard InChI is InChI=1S/C17H20Cl2N2O3S2/c1-11(2)16(20-26(23,24)15-5-4-8-25-15)17(22)21(3)10-12-6-7-13(18)9-14(12)19/h4-9,11,16,20H,10H2,1-3H3. The zero-order valence-electron chi connectivity index (χ0n) is 14.6. The highest BCUT2D eigenvalue weighted by atomic mass is 35.5. The summed E-state index contributed by atoms with van der Waals surface area (Å²) in [5.74, 6) is -0.550. The quantitative estimate of drug-likeness (QED) is 0.715. The number of carbonyl (C=O) groups is 1. The van der Waals surface area contributed by atoms with Gasteiger partial charge in [0.05, 0.1) is 0 Å². The van der Waals surface area contributed by atoms with Crippen LogP contribution in [0.2, 0.25) is 10.0 Å². The fourth-order valence-electron chi connectivity index (χ4n) is 2.33. The van der Waals surface area contributed by atoms with Gasteiger partial charge in [0.25, 0.3) is 10.0 Å². The van der Waals surface area contributed by atoms with Crippen molar-refractivity contribution in [2.45, 2.75) is 30.6 Å². The maximum absolute atomic E-state index is 12.8. The van der Waals surface area contributed by atoms with E-state index < -0.39 is 16.1 Å². The lowest BCUT2D eigenvalue weighted by Crippen LogP contribution is -2.49. The summed E-state index contributed by atoms with van der Waals surface area (Å²) in [5.41, 5.74) is 0.732. The fraction of sp³-hybridized carbons (Fsp3) is 0.353. The molecule has 1 aromatic carbocycles. The van der Waals surface area contributed by atoms with Crippen molar-refractivity contribution in [3.05, 3.63) is 51.3 Å². The number of benzene rings is 1. The van der Waals surface area contributed by atoms with Crippen LogP contribution in [0.15, 0.2) is 39.9 Å². The molecular weight excluding hydrogens is 415 g/mol. The van der Waals surface area contributed by atoms with Crippen molar-refractivity contribution in [2.75, 3.05) is 7.05 Å². The summed E-state index contributed by atoms with van der Waals surface area (Å²) in [6, 6.07) is 7.33. The van der Waals surface area contributed by atoms with Crippen molar-refractivity contribution >= 4 is 50.5 Å². The first kappa shape index (κ1) is 21.2. The van der Waals surface area contributed by atoms with Gasteiger partial charge in [-0.25, -0.2) is 8.42 Å². The fourth-order valence-corrected chi connectivity index (χ4v) is 5.15. The van der Waals surface area contributed by atoms with Gasteiger partial charge in [0.15, 0.2) is 0 Å². The van der Waals surface area contributed by atoms with E-state index in [1.54, 1.807) is 50.5 Å². The highest BCUT2D eigenvalue weighted by molar-refractivity contribution is 7.91. The predicted molar refractivity (Wildman–Crippen MR) is 106 cm³/mol. The Morgan fingerprint density at radius 1 is 1.27 bits per heavy atom. The van der Waals surface area contributed by atoms with Crippen LogP contribution in [0.3, 0.4) is 0 Å². The molecule has 142 valence electrons. The second-order valence-corrected chi connectivity index (χ2v) is 9.94. The smallest absolute Gasteiger partial charge is 0.250 e. The number of hydrogen-bond acceptors (Lipinski definition) is 4. The van der Waals surface area contributed by atoms with Gasteiger partial charge in [0.2, 0.25) is 5.91 Å². The van der Waals surface area contributed by atoms with Crippen LogP contribution in [0.1, 0.15) is 19.4 Å². The normalized spacial score (nSPS) is 13.0. The zero-order valence-corrected chi connectivity index (χ0v) is 17.7. The molecule has 0 saturated carbocycles. The lowest BCUT2D eigenvalue weighted by atomic mass is 10.0. The van der Waals surface area contributed by atoms with Crippen molar-refractivity contribution in [2.24, 2.45) is 5.92 Å². The Hall–Kier alpha value is -1.12. The molecule has 1 atom stereocenters. The summed E-state index contributed by atoms with van der Waals surface area (Å²) in [6.07, 6.45) is 0. The highest BCUT2D eigenvalue weighted by Gasteiger charge is 2.31. The first-order valence-electron chi connectivity index (χ1n) is 7.86. The molecular formula is C17H20Cl2N2O3S2. The SMILES string of the molecule is CC(C)C(NS(=O)(=O)c1cccs1)C(=O)N(C)Cc1ccc(Cl)cc1Cl. The number of nitrogens with zero attached hydrogens (tertiary/aromatic N) is 1. The monoisotopic (exact) mass is 434 g/mol. The van der Waals surface area contributed by atoms with Crippen molar-refractivity contribution in [1.29, 1.82) is 0 Å².